The molecule has 0 aromatic carbocycles. The minimum absolute atomic E-state index is 0.0593. The second kappa shape index (κ2) is 6.12. The largest absolute Gasteiger partial charge is 0.374 e. The van der Waals surface area contributed by atoms with Gasteiger partial charge in [0.25, 0.3) is 10.0 Å². The average Bonchev–Trinajstić information content (AvgIpc) is 2.85. The van der Waals surface area contributed by atoms with Gasteiger partial charge < -0.3 is 10.6 Å². The summed E-state index contributed by atoms with van der Waals surface area (Å²) in [7, 11) is -3.56. The normalized spacial score (nSPS) is 18.8. The van der Waals surface area contributed by atoms with Crippen molar-refractivity contribution in [3.63, 3.8) is 0 Å². The first-order valence-electron chi connectivity index (χ1n) is 6.32. The van der Waals surface area contributed by atoms with Crippen molar-refractivity contribution in [2.75, 3.05) is 31.9 Å². The van der Waals surface area contributed by atoms with Gasteiger partial charge in [-0.25, -0.2) is 13.1 Å². The molecule has 3 N–H and O–H groups in total. The molecule has 2 heterocycles. The molecule has 0 saturated carbocycles. The van der Waals surface area contributed by atoms with Crippen molar-refractivity contribution in [3.05, 3.63) is 0 Å². The van der Waals surface area contributed by atoms with Crippen LogP contribution >= 0.6 is 11.3 Å². The van der Waals surface area contributed by atoms with Crippen molar-refractivity contribution in [1.82, 2.24) is 19.8 Å². The van der Waals surface area contributed by atoms with E-state index in [9.17, 15) is 8.42 Å². The number of hydrogen-bond donors (Lipinski definition) is 2. The Bertz CT molecular complexity index is 508. The number of nitrogens with zero attached hydrogens (tertiary/aromatic N) is 3. The maximum Gasteiger partial charge on any atom is 0.269 e. The van der Waals surface area contributed by atoms with Gasteiger partial charge in [0.05, 0.1) is 0 Å². The van der Waals surface area contributed by atoms with Gasteiger partial charge in [-0.05, 0) is 38.4 Å². The number of hydrogen-bond acceptors (Lipinski definition) is 7. The van der Waals surface area contributed by atoms with Gasteiger partial charge >= 0.3 is 0 Å². The van der Waals surface area contributed by atoms with Crippen LogP contribution in [0.1, 0.15) is 19.8 Å². The van der Waals surface area contributed by atoms with E-state index in [0.29, 0.717) is 12.5 Å². The molecular formula is C10H19N5O2S2. The van der Waals surface area contributed by atoms with E-state index in [0.717, 1.165) is 43.8 Å². The Kier molecular flexibility index (Phi) is 4.71. The SMILES string of the molecule is CCN1CCC(CNS(=O)(=O)c2nnc(N)s2)CC1. The number of nitrogen functional groups attached to an aromatic ring is 1. The smallest absolute Gasteiger partial charge is 0.269 e. The van der Waals surface area contributed by atoms with E-state index in [2.05, 4.69) is 26.7 Å². The minimum Gasteiger partial charge on any atom is -0.374 e. The first-order chi connectivity index (χ1) is 9.01. The van der Waals surface area contributed by atoms with Crippen LogP contribution in [0.25, 0.3) is 0 Å². The number of sulfonamides is 1. The van der Waals surface area contributed by atoms with Crippen LogP contribution in [0, 0.1) is 5.92 Å². The molecule has 7 nitrogen and oxygen atoms in total. The van der Waals surface area contributed by atoms with Gasteiger partial charge in [-0.15, -0.1) is 10.2 Å². The van der Waals surface area contributed by atoms with Gasteiger partial charge in [0.2, 0.25) is 9.47 Å². The molecule has 0 unspecified atom stereocenters. The van der Waals surface area contributed by atoms with Crippen molar-refractivity contribution in [2.24, 2.45) is 5.92 Å². The maximum absolute atomic E-state index is 11.9. The van der Waals surface area contributed by atoms with Crippen LogP contribution < -0.4 is 10.5 Å². The van der Waals surface area contributed by atoms with Gasteiger partial charge in [0, 0.05) is 6.54 Å². The zero-order valence-electron chi connectivity index (χ0n) is 10.9. The molecule has 2 rings (SSSR count). The van der Waals surface area contributed by atoms with Crippen molar-refractivity contribution < 1.29 is 8.42 Å². The highest BCUT2D eigenvalue weighted by Gasteiger charge is 2.23. The Labute approximate surface area is 117 Å². The lowest BCUT2D eigenvalue weighted by molar-refractivity contribution is 0.193. The third-order valence-electron chi connectivity index (χ3n) is 3.37. The van der Waals surface area contributed by atoms with Crippen LogP contribution in [0.3, 0.4) is 0 Å². The number of nitrogens with two attached hydrogens (primary N) is 1. The zero-order chi connectivity index (χ0) is 13.9. The topological polar surface area (TPSA) is 101 Å². The highest BCUT2D eigenvalue weighted by molar-refractivity contribution is 7.91. The van der Waals surface area contributed by atoms with Gasteiger partial charge in [0.15, 0.2) is 0 Å². The Balaban J connectivity index is 1.85. The van der Waals surface area contributed by atoms with Gasteiger partial charge in [-0.1, -0.05) is 18.3 Å². The summed E-state index contributed by atoms with van der Waals surface area (Å²) in [6, 6.07) is 0. The number of likely N-dealkylation sites (tertiary alicyclic amines) is 1. The second-order valence-electron chi connectivity index (χ2n) is 4.64. The molecular weight excluding hydrogens is 286 g/mol. The summed E-state index contributed by atoms with van der Waals surface area (Å²) in [6.45, 7) is 5.73. The Morgan fingerprint density at radius 1 is 1.42 bits per heavy atom. The van der Waals surface area contributed by atoms with E-state index in [4.69, 9.17) is 5.73 Å². The van der Waals surface area contributed by atoms with E-state index in [1.54, 1.807) is 0 Å². The van der Waals surface area contributed by atoms with Crippen molar-refractivity contribution in [2.45, 2.75) is 24.1 Å². The summed E-state index contributed by atoms with van der Waals surface area (Å²) >= 11 is 0.882. The molecule has 1 aromatic heterocycles. The zero-order valence-corrected chi connectivity index (χ0v) is 12.5. The fraction of sp³-hybridized carbons (Fsp3) is 0.800. The number of rotatable bonds is 5. The monoisotopic (exact) mass is 305 g/mol. The first-order valence-corrected chi connectivity index (χ1v) is 8.62. The molecule has 0 spiro atoms. The molecule has 1 aliphatic rings. The molecule has 1 aliphatic heterocycles. The minimum atomic E-state index is -3.56. The van der Waals surface area contributed by atoms with Crippen LogP contribution in [-0.4, -0.2) is 49.7 Å². The number of anilines is 1. The summed E-state index contributed by atoms with van der Waals surface area (Å²) in [4.78, 5) is 2.37. The number of aromatic nitrogens is 2. The molecule has 1 aromatic rings. The highest BCUT2D eigenvalue weighted by Crippen LogP contribution is 2.19. The molecule has 0 bridgehead atoms. The maximum atomic E-state index is 11.9. The van der Waals surface area contributed by atoms with E-state index < -0.39 is 10.0 Å². The fourth-order valence-electron chi connectivity index (χ4n) is 2.13. The van der Waals surface area contributed by atoms with Crippen LogP contribution in [0.15, 0.2) is 4.34 Å². The van der Waals surface area contributed by atoms with Crippen molar-refractivity contribution in [3.8, 4) is 0 Å². The summed E-state index contributed by atoms with van der Waals surface area (Å²) < 4.78 is 26.4. The van der Waals surface area contributed by atoms with Gasteiger partial charge in [0.1, 0.15) is 0 Å². The molecule has 9 heteroatoms. The van der Waals surface area contributed by atoms with Crippen molar-refractivity contribution >= 4 is 26.5 Å². The third kappa shape index (κ3) is 3.85. The van der Waals surface area contributed by atoms with Crippen LogP contribution in [-0.2, 0) is 10.0 Å². The Morgan fingerprint density at radius 2 is 2.11 bits per heavy atom. The Morgan fingerprint density at radius 3 is 2.63 bits per heavy atom. The first kappa shape index (κ1) is 14.6. The molecule has 19 heavy (non-hydrogen) atoms. The van der Waals surface area contributed by atoms with Crippen LogP contribution in [0.4, 0.5) is 5.13 Å². The molecule has 0 radical (unpaired) electrons. The average molecular weight is 305 g/mol. The highest BCUT2D eigenvalue weighted by atomic mass is 32.2. The number of piperidine rings is 1. The molecule has 1 saturated heterocycles. The molecule has 1 fully saturated rings. The molecule has 0 aliphatic carbocycles. The van der Waals surface area contributed by atoms with Crippen LogP contribution in [0.2, 0.25) is 0 Å². The predicted octanol–water partition coefficient (Wildman–Crippen LogP) is 0.131. The molecule has 0 atom stereocenters. The van der Waals surface area contributed by atoms with E-state index in [-0.39, 0.29) is 9.47 Å². The predicted molar refractivity (Wildman–Crippen MR) is 74.3 cm³/mol. The summed E-state index contributed by atoms with van der Waals surface area (Å²) in [5.74, 6) is 0.392. The summed E-state index contributed by atoms with van der Waals surface area (Å²) in [5, 5.41) is 7.24. The van der Waals surface area contributed by atoms with Crippen LogP contribution in [0.5, 0.6) is 0 Å². The van der Waals surface area contributed by atoms with E-state index in [1.165, 1.54) is 0 Å². The van der Waals surface area contributed by atoms with E-state index >= 15 is 0 Å². The molecule has 0 amide bonds. The van der Waals surface area contributed by atoms with Gasteiger partial charge in [-0.3, -0.25) is 0 Å². The van der Waals surface area contributed by atoms with Gasteiger partial charge in [-0.2, -0.15) is 0 Å². The fourth-order valence-corrected chi connectivity index (χ4v) is 4.07. The lowest BCUT2D eigenvalue weighted by atomic mass is 9.97. The quantitative estimate of drug-likeness (QED) is 0.802. The standard InChI is InChI=1S/C10H19N5O2S2/c1-2-15-5-3-8(4-6-15)7-12-19(16,17)10-14-13-9(11)18-10/h8,12H,2-7H2,1H3,(H2,11,13). The lowest BCUT2D eigenvalue weighted by Gasteiger charge is -2.30. The molecule has 108 valence electrons. The second-order valence-corrected chi connectivity index (χ2v) is 7.59. The summed E-state index contributed by atoms with van der Waals surface area (Å²) in [5.41, 5.74) is 5.39. The van der Waals surface area contributed by atoms with E-state index in [1.807, 2.05) is 0 Å². The lowest BCUT2D eigenvalue weighted by Crippen LogP contribution is -2.38. The Hall–Kier alpha value is -0.770. The number of nitrogens with one attached hydrogen (secondary N) is 1. The summed E-state index contributed by atoms with van der Waals surface area (Å²) in [6.07, 6.45) is 2.04. The van der Waals surface area contributed by atoms with Crippen molar-refractivity contribution in [1.29, 1.82) is 0 Å². The third-order valence-corrected chi connectivity index (χ3v) is 5.91.